The molecule has 0 amide bonds. The summed E-state index contributed by atoms with van der Waals surface area (Å²) >= 11 is 0. The summed E-state index contributed by atoms with van der Waals surface area (Å²) in [6, 6.07) is 35.0. The summed E-state index contributed by atoms with van der Waals surface area (Å²) in [7, 11) is 0. The van der Waals surface area contributed by atoms with Gasteiger partial charge in [-0.3, -0.25) is 4.98 Å². The van der Waals surface area contributed by atoms with Crippen LogP contribution in [0.4, 0.5) is 0 Å². The van der Waals surface area contributed by atoms with Gasteiger partial charge < -0.3 is 0 Å². The second-order valence-corrected chi connectivity index (χ2v) is 7.49. The van der Waals surface area contributed by atoms with E-state index in [9.17, 15) is 0 Å². The Balaban J connectivity index is 1.67. The van der Waals surface area contributed by atoms with Gasteiger partial charge in [0.25, 0.3) is 0 Å². The fourth-order valence-electron chi connectivity index (χ4n) is 3.64. The first-order valence-electron chi connectivity index (χ1n) is 10.3. The Bertz CT molecular complexity index is 1330. The van der Waals surface area contributed by atoms with Gasteiger partial charge in [-0.2, -0.15) is 0 Å². The van der Waals surface area contributed by atoms with Crippen molar-refractivity contribution < 1.29 is 0 Å². The van der Waals surface area contributed by atoms with Crippen LogP contribution in [0.2, 0.25) is 0 Å². The van der Waals surface area contributed by atoms with Crippen LogP contribution in [0.5, 0.6) is 0 Å². The van der Waals surface area contributed by atoms with Crippen LogP contribution in [0.1, 0.15) is 5.56 Å². The van der Waals surface area contributed by atoms with Crippen molar-refractivity contribution >= 4 is 0 Å². The Morgan fingerprint density at radius 2 is 1.19 bits per heavy atom. The first-order chi connectivity index (χ1) is 15.3. The lowest BCUT2D eigenvalue weighted by atomic mass is 10.0. The molecule has 2 aromatic heterocycles. The van der Waals surface area contributed by atoms with Crippen molar-refractivity contribution in [1.29, 1.82) is 0 Å². The van der Waals surface area contributed by atoms with Gasteiger partial charge in [-0.05, 0) is 48.4 Å². The number of nitrogens with zero attached hydrogens (tertiary/aromatic N) is 3. The minimum atomic E-state index is 0.692. The van der Waals surface area contributed by atoms with E-state index < -0.39 is 0 Å². The summed E-state index contributed by atoms with van der Waals surface area (Å²) in [5.74, 6) is 0.692. The number of rotatable bonds is 4. The maximum absolute atomic E-state index is 4.94. The van der Waals surface area contributed by atoms with E-state index in [-0.39, 0.29) is 0 Å². The molecule has 0 aliphatic rings. The first kappa shape index (κ1) is 18.9. The summed E-state index contributed by atoms with van der Waals surface area (Å²) in [6.45, 7) is 2.09. The molecule has 0 bridgehead atoms. The van der Waals surface area contributed by atoms with Gasteiger partial charge in [-0.25, -0.2) is 9.97 Å². The summed E-state index contributed by atoms with van der Waals surface area (Å²) in [5.41, 5.74) is 8.09. The van der Waals surface area contributed by atoms with Gasteiger partial charge in [0.05, 0.1) is 17.1 Å². The van der Waals surface area contributed by atoms with Crippen LogP contribution >= 0.6 is 0 Å². The summed E-state index contributed by atoms with van der Waals surface area (Å²) in [5, 5.41) is 0. The molecule has 3 aromatic carbocycles. The minimum Gasteiger partial charge on any atom is -0.255 e. The molecule has 0 saturated carbocycles. The van der Waals surface area contributed by atoms with Gasteiger partial charge in [0.2, 0.25) is 0 Å². The zero-order valence-corrected chi connectivity index (χ0v) is 17.2. The maximum Gasteiger partial charge on any atom is 0.160 e. The number of benzene rings is 3. The molecule has 31 heavy (non-hydrogen) atoms. The van der Waals surface area contributed by atoms with Crippen molar-refractivity contribution in [3.8, 4) is 45.2 Å². The monoisotopic (exact) mass is 399 g/mol. The van der Waals surface area contributed by atoms with Crippen molar-refractivity contribution in [2.24, 2.45) is 0 Å². The SMILES string of the molecule is Cc1cccc(-c2cc(-c3ccccn3)nc(-c3cccc(-c4ccccc4)c3)n2)c1. The van der Waals surface area contributed by atoms with Crippen molar-refractivity contribution in [3.05, 3.63) is 115 Å². The zero-order chi connectivity index (χ0) is 21.0. The lowest BCUT2D eigenvalue weighted by Gasteiger charge is -2.10. The smallest absolute Gasteiger partial charge is 0.160 e. The molecule has 2 heterocycles. The minimum absolute atomic E-state index is 0.692. The van der Waals surface area contributed by atoms with E-state index >= 15 is 0 Å². The van der Waals surface area contributed by atoms with Gasteiger partial charge in [-0.15, -0.1) is 0 Å². The van der Waals surface area contributed by atoms with Crippen LogP contribution in [0.25, 0.3) is 45.2 Å². The highest BCUT2D eigenvalue weighted by Crippen LogP contribution is 2.29. The highest BCUT2D eigenvalue weighted by atomic mass is 14.9. The predicted molar refractivity (Wildman–Crippen MR) is 126 cm³/mol. The molecule has 5 aromatic rings. The molecular formula is C28H21N3. The van der Waals surface area contributed by atoms with Crippen LogP contribution in [0.15, 0.2) is 109 Å². The molecule has 3 heteroatoms. The number of aryl methyl sites for hydroxylation is 1. The summed E-state index contributed by atoms with van der Waals surface area (Å²) in [6.07, 6.45) is 1.79. The van der Waals surface area contributed by atoms with E-state index in [1.165, 1.54) is 11.1 Å². The quantitative estimate of drug-likeness (QED) is 0.332. The lowest BCUT2D eigenvalue weighted by molar-refractivity contribution is 1.16. The highest BCUT2D eigenvalue weighted by molar-refractivity contribution is 5.74. The Labute approximate surface area is 182 Å². The number of pyridine rings is 1. The number of hydrogen-bond acceptors (Lipinski definition) is 3. The summed E-state index contributed by atoms with van der Waals surface area (Å²) < 4.78 is 0. The van der Waals surface area contributed by atoms with Crippen molar-refractivity contribution in [2.45, 2.75) is 6.92 Å². The molecule has 0 spiro atoms. The van der Waals surface area contributed by atoms with Gasteiger partial charge in [0.15, 0.2) is 5.82 Å². The molecule has 3 nitrogen and oxygen atoms in total. The number of hydrogen-bond donors (Lipinski definition) is 0. The predicted octanol–water partition coefficient (Wildman–Crippen LogP) is 6.85. The van der Waals surface area contributed by atoms with Gasteiger partial charge in [0, 0.05) is 17.3 Å². The van der Waals surface area contributed by atoms with E-state index in [4.69, 9.17) is 9.97 Å². The molecule has 0 atom stereocenters. The van der Waals surface area contributed by atoms with Crippen LogP contribution in [-0.4, -0.2) is 15.0 Å². The Kier molecular flexibility index (Phi) is 5.07. The molecule has 0 aliphatic carbocycles. The molecule has 0 fully saturated rings. The summed E-state index contributed by atoms with van der Waals surface area (Å²) in [4.78, 5) is 14.3. The highest BCUT2D eigenvalue weighted by Gasteiger charge is 2.12. The molecule has 0 saturated heterocycles. The second-order valence-electron chi connectivity index (χ2n) is 7.49. The van der Waals surface area contributed by atoms with Crippen LogP contribution in [-0.2, 0) is 0 Å². The van der Waals surface area contributed by atoms with Crippen molar-refractivity contribution in [2.75, 3.05) is 0 Å². The van der Waals surface area contributed by atoms with Gasteiger partial charge in [0.1, 0.15) is 0 Å². The molecular weight excluding hydrogens is 378 g/mol. The van der Waals surface area contributed by atoms with Crippen LogP contribution < -0.4 is 0 Å². The fraction of sp³-hybridized carbons (Fsp3) is 0.0357. The third-order valence-electron chi connectivity index (χ3n) is 5.20. The standard InChI is InChI=1S/C28H21N3/c1-20-9-7-13-23(17-20)26-19-27(25-15-5-6-16-29-25)31-28(30-26)24-14-8-12-22(18-24)21-10-3-2-4-11-21/h2-19H,1H3. The zero-order valence-electron chi connectivity index (χ0n) is 17.2. The van der Waals surface area contributed by atoms with Crippen LogP contribution in [0, 0.1) is 6.92 Å². The lowest BCUT2D eigenvalue weighted by Crippen LogP contribution is -1.97. The Hall–Kier alpha value is -4.11. The van der Waals surface area contributed by atoms with Gasteiger partial charge >= 0.3 is 0 Å². The maximum atomic E-state index is 4.94. The van der Waals surface area contributed by atoms with Crippen LogP contribution in [0.3, 0.4) is 0 Å². The van der Waals surface area contributed by atoms with E-state index in [2.05, 4.69) is 84.7 Å². The molecule has 0 radical (unpaired) electrons. The fourth-order valence-corrected chi connectivity index (χ4v) is 3.64. The molecule has 0 unspecified atom stereocenters. The molecule has 0 N–H and O–H groups in total. The van der Waals surface area contributed by atoms with Crippen molar-refractivity contribution in [1.82, 2.24) is 15.0 Å². The third-order valence-corrected chi connectivity index (χ3v) is 5.20. The average molecular weight is 399 g/mol. The molecule has 5 rings (SSSR count). The van der Waals surface area contributed by atoms with E-state index in [1.807, 2.05) is 30.3 Å². The first-order valence-corrected chi connectivity index (χ1v) is 10.3. The molecule has 148 valence electrons. The number of aromatic nitrogens is 3. The van der Waals surface area contributed by atoms with Gasteiger partial charge in [-0.1, -0.05) is 78.4 Å². The molecule has 0 aliphatic heterocycles. The largest absolute Gasteiger partial charge is 0.255 e. The third kappa shape index (κ3) is 4.12. The normalized spacial score (nSPS) is 10.7. The van der Waals surface area contributed by atoms with E-state index in [1.54, 1.807) is 6.20 Å². The van der Waals surface area contributed by atoms with E-state index in [0.717, 1.165) is 33.8 Å². The van der Waals surface area contributed by atoms with E-state index in [0.29, 0.717) is 5.82 Å². The average Bonchev–Trinajstić information content (AvgIpc) is 2.85. The Morgan fingerprint density at radius 3 is 2.00 bits per heavy atom. The van der Waals surface area contributed by atoms with Crippen molar-refractivity contribution in [3.63, 3.8) is 0 Å². The Morgan fingerprint density at radius 1 is 0.484 bits per heavy atom. The topological polar surface area (TPSA) is 38.7 Å². The second kappa shape index (κ2) is 8.33.